The van der Waals surface area contributed by atoms with E-state index in [4.69, 9.17) is 16.4 Å². The maximum absolute atomic E-state index is 12.9. The van der Waals surface area contributed by atoms with E-state index in [1.54, 1.807) is 12.1 Å². The number of rotatable bonds is 5. The summed E-state index contributed by atoms with van der Waals surface area (Å²) in [6.45, 7) is 0. The van der Waals surface area contributed by atoms with Gasteiger partial charge in [0.1, 0.15) is 4.90 Å². The van der Waals surface area contributed by atoms with Crippen molar-refractivity contribution in [2.24, 2.45) is 10.8 Å². The number of nitriles is 1. The maximum atomic E-state index is 12.9. The number of hydrogen-bond acceptors (Lipinski definition) is 7. The Morgan fingerprint density at radius 2 is 1.89 bits per heavy atom. The van der Waals surface area contributed by atoms with E-state index in [2.05, 4.69) is 9.84 Å². The van der Waals surface area contributed by atoms with Crippen LogP contribution in [0.4, 0.5) is 0 Å². The van der Waals surface area contributed by atoms with Gasteiger partial charge in [-0.1, -0.05) is 24.3 Å². The number of nitrogens with two attached hydrogens (primary N) is 1. The summed E-state index contributed by atoms with van der Waals surface area (Å²) in [4.78, 5) is 11.5. The van der Waals surface area contributed by atoms with Crippen LogP contribution < -0.4 is 5.73 Å². The molecule has 2 aromatic carbocycles. The van der Waals surface area contributed by atoms with Crippen LogP contribution in [0.3, 0.4) is 0 Å². The Balaban J connectivity index is 2.47. The zero-order valence-electron chi connectivity index (χ0n) is 14.2. The Labute approximate surface area is 155 Å². The minimum Gasteiger partial charge on any atom is -0.465 e. The van der Waals surface area contributed by atoms with Crippen LogP contribution in [0.5, 0.6) is 0 Å². The number of carbonyl (C=O) groups excluding carboxylic acids is 1. The first-order valence-electron chi connectivity index (χ1n) is 7.42. The molecular weight excluding hydrogens is 370 g/mol. The molecule has 0 saturated carbocycles. The number of hydrogen-bond donors (Lipinski definition) is 2. The van der Waals surface area contributed by atoms with E-state index in [0.717, 1.165) is 7.11 Å². The molecule has 0 unspecified atom stereocenters. The number of nitrogens with one attached hydrogen (secondary N) is 1. The average molecular weight is 385 g/mol. The molecule has 27 heavy (non-hydrogen) atoms. The molecule has 0 saturated heterocycles. The standard InChI is InChI=1S/C17H15N5O4S/c1-26-16(23)14-4-2-3-5-15(14)27(24,25)22(17(19)20)21-11-13-8-6-12(10-18)7-9-13/h2-9,11H,1H3,(H3,19,20)/b21-11+. The van der Waals surface area contributed by atoms with Crippen molar-refractivity contribution in [2.45, 2.75) is 4.90 Å². The minimum atomic E-state index is -4.44. The Bertz CT molecular complexity index is 1040. The molecule has 0 aromatic heterocycles. The topological polar surface area (TPSA) is 150 Å². The molecule has 9 nitrogen and oxygen atoms in total. The lowest BCUT2D eigenvalue weighted by Gasteiger charge is -2.18. The second kappa shape index (κ2) is 8.11. The van der Waals surface area contributed by atoms with Gasteiger partial charge in [0.2, 0.25) is 5.96 Å². The smallest absolute Gasteiger partial charge is 0.339 e. The first-order valence-corrected chi connectivity index (χ1v) is 8.86. The second-order valence-electron chi connectivity index (χ2n) is 5.10. The highest BCUT2D eigenvalue weighted by Gasteiger charge is 2.30. The van der Waals surface area contributed by atoms with E-state index < -0.39 is 26.8 Å². The molecule has 0 aliphatic heterocycles. The number of methoxy groups -OCH3 is 1. The van der Waals surface area contributed by atoms with E-state index in [9.17, 15) is 13.2 Å². The van der Waals surface area contributed by atoms with Gasteiger partial charge in [-0.15, -0.1) is 4.41 Å². The molecule has 0 heterocycles. The van der Waals surface area contributed by atoms with Gasteiger partial charge in [0.25, 0.3) is 10.0 Å². The van der Waals surface area contributed by atoms with Crippen LogP contribution in [-0.2, 0) is 14.8 Å². The second-order valence-corrected chi connectivity index (χ2v) is 6.84. The fraction of sp³-hybridized carbons (Fsp3) is 0.0588. The number of benzene rings is 2. The fourth-order valence-corrected chi connectivity index (χ4v) is 3.38. The van der Waals surface area contributed by atoms with E-state index in [1.165, 1.54) is 42.6 Å². The number of esters is 1. The molecule has 0 radical (unpaired) electrons. The number of guanidine groups is 1. The van der Waals surface area contributed by atoms with Crippen molar-refractivity contribution < 1.29 is 17.9 Å². The van der Waals surface area contributed by atoms with E-state index >= 15 is 0 Å². The SMILES string of the molecule is COC(=O)c1ccccc1S(=O)(=O)N(/N=C/c1ccc(C#N)cc1)C(=N)N. The van der Waals surface area contributed by atoms with Crippen molar-refractivity contribution in [3.63, 3.8) is 0 Å². The van der Waals surface area contributed by atoms with Gasteiger partial charge in [0, 0.05) is 0 Å². The average Bonchev–Trinajstić information content (AvgIpc) is 2.67. The molecule has 0 spiro atoms. The fourth-order valence-electron chi connectivity index (χ4n) is 2.08. The normalized spacial score (nSPS) is 11.0. The van der Waals surface area contributed by atoms with E-state index in [0.29, 0.717) is 15.5 Å². The Morgan fingerprint density at radius 3 is 2.44 bits per heavy atom. The van der Waals surface area contributed by atoms with Crippen LogP contribution in [0, 0.1) is 16.7 Å². The van der Waals surface area contributed by atoms with Crippen LogP contribution >= 0.6 is 0 Å². The molecule has 10 heteroatoms. The zero-order chi connectivity index (χ0) is 20.0. The number of hydrazone groups is 1. The lowest BCUT2D eigenvalue weighted by atomic mass is 10.2. The van der Waals surface area contributed by atoms with Crippen LogP contribution in [0.25, 0.3) is 0 Å². The van der Waals surface area contributed by atoms with Crippen molar-refractivity contribution in [3.05, 3.63) is 65.2 Å². The molecule has 0 atom stereocenters. The van der Waals surface area contributed by atoms with Gasteiger partial charge < -0.3 is 10.5 Å². The third kappa shape index (κ3) is 4.28. The number of ether oxygens (including phenoxy) is 1. The third-order valence-corrected chi connectivity index (χ3v) is 5.01. The van der Waals surface area contributed by atoms with Crippen LogP contribution in [0.2, 0.25) is 0 Å². The van der Waals surface area contributed by atoms with Gasteiger partial charge in [0.05, 0.1) is 30.5 Å². The Hall–Kier alpha value is -3.71. The Morgan fingerprint density at radius 1 is 1.26 bits per heavy atom. The van der Waals surface area contributed by atoms with Crippen molar-refractivity contribution in [1.29, 1.82) is 10.7 Å². The van der Waals surface area contributed by atoms with Crippen molar-refractivity contribution in [1.82, 2.24) is 4.41 Å². The molecule has 0 bridgehead atoms. The number of sulfonamides is 1. The summed E-state index contributed by atoms with van der Waals surface area (Å²) in [6.07, 6.45) is 1.17. The molecule has 2 rings (SSSR count). The van der Waals surface area contributed by atoms with E-state index in [-0.39, 0.29) is 5.56 Å². The summed E-state index contributed by atoms with van der Waals surface area (Å²) >= 11 is 0. The summed E-state index contributed by atoms with van der Waals surface area (Å²) in [6, 6.07) is 13.5. The lowest BCUT2D eigenvalue weighted by molar-refractivity contribution is 0.0596. The van der Waals surface area contributed by atoms with Crippen molar-refractivity contribution in [3.8, 4) is 6.07 Å². The van der Waals surface area contributed by atoms with Crippen molar-refractivity contribution >= 4 is 28.2 Å². The molecule has 3 N–H and O–H groups in total. The molecule has 138 valence electrons. The summed E-state index contributed by atoms with van der Waals surface area (Å²) in [5.41, 5.74) is 6.09. The monoisotopic (exact) mass is 385 g/mol. The van der Waals surface area contributed by atoms with Gasteiger partial charge in [-0.05, 0) is 29.8 Å². The quantitative estimate of drug-likeness (QED) is 0.342. The lowest BCUT2D eigenvalue weighted by Crippen LogP contribution is -2.38. The van der Waals surface area contributed by atoms with Crippen molar-refractivity contribution in [2.75, 3.05) is 7.11 Å². The van der Waals surface area contributed by atoms with Crippen LogP contribution in [0.15, 0.2) is 58.5 Å². The highest BCUT2D eigenvalue weighted by atomic mass is 32.2. The molecular formula is C17H15N5O4S. The first-order chi connectivity index (χ1) is 12.8. The van der Waals surface area contributed by atoms with Crippen LogP contribution in [0.1, 0.15) is 21.5 Å². The zero-order valence-corrected chi connectivity index (χ0v) is 15.0. The summed E-state index contributed by atoms with van der Waals surface area (Å²) in [7, 11) is -3.31. The summed E-state index contributed by atoms with van der Waals surface area (Å²) < 4.78 is 30.6. The maximum Gasteiger partial charge on any atom is 0.339 e. The molecule has 0 aliphatic rings. The molecule has 0 amide bonds. The summed E-state index contributed by atoms with van der Waals surface area (Å²) in [5.74, 6) is -1.71. The third-order valence-electron chi connectivity index (χ3n) is 3.36. The molecule has 2 aromatic rings. The number of nitrogens with zero attached hydrogens (tertiary/aromatic N) is 3. The highest BCUT2D eigenvalue weighted by molar-refractivity contribution is 7.89. The van der Waals surface area contributed by atoms with Gasteiger partial charge in [-0.3, -0.25) is 5.41 Å². The van der Waals surface area contributed by atoms with Gasteiger partial charge in [0.15, 0.2) is 0 Å². The van der Waals surface area contributed by atoms with Gasteiger partial charge in [-0.2, -0.15) is 18.8 Å². The minimum absolute atomic E-state index is 0.208. The molecule has 0 fully saturated rings. The predicted octanol–water partition coefficient (Wildman–Crippen LogP) is 1.26. The predicted molar refractivity (Wildman–Crippen MR) is 97.5 cm³/mol. The highest BCUT2D eigenvalue weighted by Crippen LogP contribution is 2.21. The largest absolute Gasteiger partial charge is 0.465 e. The van der Waals surface area contributed by atoms with Crippen LogP contribution in [-0.4, -0.2) is 38.1 Å². The van der Waals surface area contributed by atoms with Gasteiger partial charge >= 0.3 is 5.97 Å². The Kier molecular flexibility index (Phi) is 5.89. The van der Waals surface area contributed by atoms with Gasteiger partial charge in [-0.25, -0.2) is 4.79 Å². The van der Waals surface area contributed by atoms with E-state index in [1.807, 2.05) is 6.07 Å². The first kappa shape index (κ1) is 19.6. The summed E-state index contributed by atoms with van der Waals surface area (Å²) in [5, 5.41) is 20.1. The molecule has 0 aliphatic carbocycles. The number of carbonyl (C=O) groups is 1.